The van der Waals surface area contributed by atoms with Crippen LogP contribution in [0.5, 0.6) is 11.5 Å². The molecule has 0 aliphatic rings. The predicted molar refractivity (Wildman–Crippen MR) is 73.6 cm³/mol. The number of imidazole rings is 1. The SMILES string of the molecule is CNCc1cncn1Cc1ccc(OC)c(OC)c1. The molecule has 0 saturated carbocycles. The van der Waals surface area contributed by atoms with Crippen LogP contribution in [0, 0.1) is 0 Å². The van der Waals surface area contributed by atoms with Gasteiger partial charge in [0.1, 0.15) is 0 Å². The number of hydrogen-bond acceptors (Lipinski definition) is 4. The molecule has 1 heterocycles. The first-order valence-corrected chi connectivity index (χ1v) is 6.13. The van der Waals surface area contributed by atoms with Crippen molar-refractivity contribution >= 4 is 0 Å². The molecule has 102 valence electrons. The number of nitrogens with zero attached hydrogens (tertiary/aromatic N) is 2. The Morgan fingerprint density at radius 3 is 2.68 bits per heavy atom. The Morgan fingerprint density at radius 1 is 1.21 bits per heavy atom. The first-order chi connectivity index (χ1) is 9.28. The predicted octanol–water partition coefficient (Wildman–Crippen LogP) is 1.67. The van der Waals surface area contributed by atoms with Gasteiger partial charge in [-0.2, -0.15) is 0 Å². The van der Waals surface area contributed by atoms with Crippen molar-refractivity contribution in [1.29, 1.82) is 0 Å². The van der Waals surface area contributed by atoms with Crippen LogP contribution in [0.25, 0.3) is 0 Å². The van der Waals surface area contributed by atoms with E-state index >= 15 is 0 Å². The topological polar surface area (TPSA) is 48.3 Å². The lowest BCUT2D eigenvalue weighted by Crippen LogP contribution is -2.11. The Morgan fingerprint density at radius 2 is 2.00 bits per heavy atom. The van der Waals surface area contributed by atoms with Crippen molar-refractivity contribution in [3.8, 4) is 11.5 Å². The van der Waals surface area contributed by atoms with E-state index in [0.29, 0.717) is 0 Å². The summed E-state index contributed by atoms with van der Waals surface area (Å²) >= 11 is 0. The van der Waals surface area contributed by atoms with Crippen molar-refractivity contribution in [2.24, 2.45) is 0 Å². The van der Waals surface area contributed by atoms with E-state index in [-0.39, 0.29) is 0 Å². The summed E-state index contributed by atoms with van der Waals surface area (Å²) in [6.07, 6.45) is 3.71. The first kappa shape index (κ1) is 13.4. The van der Waals surface area contributed by atoms with Gasteiger partial charge < -0.3 is 19.4 Å². The van der Waals surface area contributed by atoms with Crippen LogP contribution < -0.4 is 14.8 Å². The Balaban J connectivity index is 2.21. The third-order valence-electron chi connectivity index (χ3n) is 2.96. The maximum atomic E-state index is 5.31. The molecule has 0 unspecified atom stereocenters. The third kappa shape index (κ3) is 3.06. The molecule has 0 aliphatic carbocycles. The summed E-state index contributed by atoms with van der Waals surface area (Å²) < 4.78 is 12.7. The van der Waals surface area contributed by atoms with Gasteiger partial charge in [-0.1, -0.05) is 6.07 Å². The molecule has 0 atom stereocenters. The van der Waals surface area contributed by atoms with Crippen LogP contribution in [-0.2, 0) is 13.1 Å². The average molecular weight is 261 g/mol. The minimum absolute atomic E-state index is 0.743. The number of ether oxygens (including phenoxy) is 2. The highest BCUT2D eigenvalue weighted by molar-refractivity contribution is 5.43. The van der Waals surface area contributed by atoms with Crippen molar-refractivity contribution in [3.63, 3.8) is 0 Å². The second kappa shape index (κ2) is 6.24. The summed E-state index contributed by atoms with van der Waals surface area (Å²) in [4.78, 5) is 4.18. The number of hydrogen-bond donors (Lipinski definition) is 1. The van der Waals surface area contributed by atoms with Gasteiger partial charge in [0.25, 0.3) is 0 Å². The number of benzene rings is 1. The lowest BCUT2D eigenvalue weighted by atomic mass is 10.2. The van der Waals surface area contributed by atoms with Crippen LogP contribution in [0.2, 0.25) is 0 Å². The average Bonchev–Trinajstić information content (AvgIpc) is 2.86. The second-order valence-corrected chi connectivity index (χ2v) is 4.23. The van der Waals surface area contributed by atoms with Crippen LogP contribution >= 0.6 is 0 Å². The smallest absolute Gasteiger partial charge is 0.161 e. The van der Waals surface area contributed by atoms with Crippen LogP contribution in [-0.4, -0.2) is 30.8 Å². The van der Waals surface area contributed by atoms with Gasteiger partial charge in [0.15, 0.2) is 11.5 Å². The Labute approximate surface area is 113 Å². The molecule has 19 heavy (non-hydrogen) atoms. The van der Waals surface area contributed by atoms with Gasteiger partial charge in [-0.25, -0.2) is 4.98 Å². The molecule has 0 radical (unpaired) electrons. The zero-order valence-electron chi connectivity index (χ0n) is 11.5. The molecule has 0 aliphatic heterocycles. The Bertz CT molecular complexity index is 537. The highest BCUT2D eigenvalue weighted by atomic mass is 16.5. The van der Waals surface area contributed by atoms with Crippen molar-refractivity contribution in [1.82, 2.24) is 14.9 Å². The van der Waals surface area contributed by atoms with E-state index in [1.54, 1.807) is 14.2 Å². The van der Waals surface area contributed by atoms with E-state index in [0.717, 1.165) is 35.8 Å². The maximum Gasteiger partial charge on any atom is 0.161 e. The molecule has 5 heteroatoms. The van der Waals surface area contributed by atoms with E-state index in [4.69, 9.17) is 9.47 Å². The summed E-state index contributed by atoms with van der Waals surface area (Å²) in [6, 6.07) is 5.94. The summed E-state index contributed by atoms with van der Waals surface area (Å²) in [7, 11) is 5.21. The molecule has 1 aromatic heterocycles. The van der Waals surface area contributed by atoms with Crippen LogP contribution in [0.1, 0.15) is 11.3 Å². The number of nitrogens with one attached hydrogen (secondary N) is 1. The van der Waals surface area contributed by atoms with Gasteiger partial charge >= 0.3 is 0 Å². The summed E-state index contributed by atoms with van der Waals surface area (Å²) in [5.41, 5.74) is 2.30. The monoisotopic (exact) mass is 261 g/mol. The molecule has 2 aromatic rings. The van der Waals surface area contributed by atoms with Crippen molar-refractivity contribution in [2.45, 2.75) is 13.1 Å². The molecule has 0 bridgehead atoms. The summed E-state index contributed by atoms with van der Waals surface area (Å²) in [5.74, 6) is 1.49. The van der Waals surface area contributed by atoms with Gasteiger partial charge in [0, 0.05) is 19.3 Å². The van der Waals surface area contributed by atoms with Crippen molar-refractivity contribution in [3.05, 3.63) is 42.0 Å². The van der Waals surface area contributed by atoms with Gasteiger partial charge in [-0.3, -0.25) is 0 Å². The summed E-state index contributed by atoms with van der Waals surface area (Å²) in [5, 5.41) is 3.13. The first-order valence-electron chi connectivity index (χ1n) is 6.13. The number of rotatable bonds is 6. The molecule has 0 amide bonds. The van der Waals surface area contributed by atoms with E-state index in [1.807, 2.05) is 37.8 Å². The quantitative estimate of drug-likeness (QED) is 0.859. The van der Waals surface area contributed by atoms with E-state index in [9.17, 15) is 0 Å². The van der Waals surface area contributed by atoms with Crippen molar-refractivity contribution < 1.29 is 9.47 Å². The van der Waals surface area contributed by atoms with E-state index in [1.165, 1.54) is 0 Å². The zero-order chi connectivity index (χ0) is 13.7. The van der Waals surface area contributed by atoms with Gasteiger partial charge in [-0.15, -0.1) is 0 Å². The molecule has 5 nitrogen and oxygen atoms in total. The normalized spacial score (nSPS) is 10.5. The lowest BCUT2D eigenvalue weighted by molar-refractivity contribution is 0.354. The fourth-order valence-corrected chi connectivity index (χ4v) is 1.99. The van der Waals surface area contributed by atoms with Crippen molar-refractivity contribution in [2.75, 3.05) is 21.3 Å². The minimum atomic E-state index is 0.743. The van der Waals surface area contributed by atoms with Gasteiger partial charge in [0.05, 0.1) is 26.2 Å². The lowest BCUT2D eigenvalue weighted by Gasteiger charge is -2.11. The van der Waals surface area contributed by atoms with Gasteiger partial charge in [-0.05, 0) is 24.7 Å². The fraction of sp³-hybridized carbons (Fsp3) is 0.357. The Hall–Kier alpha value is -2.01. The third-order valence-corrected chi connectivity index (χ3v) is 2.96. The van der Waals surface area contributed by atoms with Gasteiger partial charge in [0.2, 0.25) is 0 Å². The molecule has 2 rings (SSSR count). The number of methoxy groups -OCH3 is 2. The fourth-order valence-electron chi connectivity index (χ4n) is 1.99. The largest absolute Gasteiger partial charge is 0.493 e. The number of aromatic nitrogens is 2. The van der Waals surface area contributed by atoms with E-state index in [2.05, 4.69) is 14.9 Å². The van der Waals surface area contributed by atoms with Crippen LogP contribution in [0.15, 0.2) is 30.7 Å². The second-order valence-electron chi connectivity index (χ2n) is 4.23. The molecule has 1 aromatic carbocycles. The summed E-state index contributed by atoms with van der Waals surface area (Å²) in [6.45, 7) is 1.56. The van der Waals surface area contributed by atoms with Crippen LogP contribution in [0.4, 0.5) is 0 Å². The minimum Gasteiger partial charge on any atom is -0.493 e. The molecule has 0 spiro atoms. The Kier molecular flexibility index (Phi) is 4.41. The molecular formula is C14H19N3O2. The van der Waals surface area contributed by atoms with E-state index < -0.39 is 0 Å². The standard InChI is InChI=1S/C14H19N3O2/c1-15-7-12-8-16-10-17(12)9-11-4-5-13(18-2)14(6-11)19-3/h4-6,8,10,15H,7,9H2,1-3H3. The zero-order valence-corrected chi connectivity index (χ0v) is 11.5. The maximum absolute atomic E-state index is 5.31. The molecule has 0 fully saturated rings. The molecular weight excluding hydrogens is 242 g/mol. The molecule has 1 N–H and O–H groups in total. The highest BCUT2D eigenvalue weighted by Crippen LogP contribution is 2.27. The highest BCUT2D eigenvalue weighted by Gasteiger charge is 2.06. The molecule has 0 saturated heterocycles. The van der Waals surface area contributed by atoms with Crippen LogP contribution in [0.3, 0.4) is 0 Å².